The normalized spacial score (nSPS) is 11.1. The van der Waals surface area contributed by atoms with E-state index in [0.29, 0.717) is 0 Å². The first-order valence-electron chi connectivity index (χ1n) is 7.62. The Morgan fingerprint density at radius 2 is 1.61 bits per heavy atom. The van der Waals surface area contributed by atoms with Crippen LogP contribution in [-0.2, 0) is 18.0 Å². The van der Waals surface area contributed by atoms with Crippen molar-refractivity contribution in [2.24, 2.45) is 0 Å². The molecule has 0 aromatic heterocycles. The van der Waals surface area contributed by atoms with Gasteiger partial charge >= 0.3 is 6.09 Å². The molecule has 0 heterocycles. The summed E-state index contributed by atoms with van der Waals surface area (Å²) in [4.78, 5) is 14.2. The molecule has 4 nitrogen and oxygen atoms in total. The summed E-state index contributed by atoms with van der Waals surface area (Å²) in [6.45, 7) is 6.08. The third kappa shape index (κ3) is 4.57. The quantitative estimate of drug-likeness (QED) is 0.923. The minimum atomic E-state index is -0.422. The number of hydrogen-bond donors (Lipinski definition) is 1. The van der Waals surface area contributed by atoms with Crippen molar-refractivity contribution in [2.45, 2.75) is 39.5 Å². The first kappa shape index (κ1) is 17.0. The zero-order valence-electron chi connectivity index (χ0n) is 13.8. The number of nitrogens with zero attached hydrogens (tertiary/aromatic N) is 1. The molecule has 0 bridgehead atoms. The summed E-state index contributed by atoms with van der Waals surface area (Å²) >= 11 is 0. The van der Waals surface area contributed by atoms with E-state index in [-0.39, 0.29) is 13.2 Å². The fourth-order valence-electron chi connectivity index (χ4n) is 2.30. The Labute approximate surface area is 137 Å². The summed E-state index contributed by atoms with van der Waals surface area (Å²) in [6, 6.07) is 16.8. The first-order valence-corrected chi connectivity index (χ1v) is 7.62. The van der Waals surface area contributed by atoms with Crippen LogP contribution in [0.5, 0.6) is 0 Å². The molecular weight excluding hydrogens is 290 g/mol. The maximum atomic E-state index is 12.6. The number of benzene rings is 2. The van der Waals surface area contributed by atoms with E-state index in [1.165, 1.54) is 0 Å². The highest BCUT2D eigenvalue weighted by Crippen LogP contribution is 2.25. The van der Waals surface area contributed by atoms with Crippen molar-refractivity contribution in [1.29, 1.82) is 0 Å². The number of aliphatic hydroxyl groups is 1. The molecule has 0 fully saturated rings. The van der Waals surface area contributed by atoms with Crippen LogP contribution >= 0.6 is 0 Å². The summed E-state index contributed by atoms with van der Waals surface area (Å²) in [6.07, 6.45) is -0.391. The molecule has 0 radical (unpaired) electrons. The molecule has 0 aliphatic heterocycles. The van der Waals surface area contributed by atoms with E-state index in [2.05, 4.69) is 0 Å². The second kappa shape index (κ2) is 7.29. The fourth-order valence-corrected chi connectivity index (χ4v) is 2.30. The van der Waals surface area contributed by atoms with Crippen LogP contribution < -0.4 is 4.90 Å². The minimum Gasteiger partial charge on any atom is -0.444 e. The number of ether oxygens (including phenoxy) is 1. The van der Waals surface area contributed by atoms with Gasteiger partial charge in [-0.2, -0.15) is 0 Å². The smallest absolute Gasteiger partial charge is 0.415 e. The van der Waals surface area contributed by atoms with E-state index in [4.69, 9.17) is 9.84 Å². The molecule has 4 heteroatoms. The molecular formula is C19H23NO3. The van der Waals surface area contributed by atoms with Gasteiger partial charge in [-0.3, -0.25) is 4.90 Å². The average Bonchev–Trinajstić information content (AvgIpc) is 2.53. The molecule has 2 rings (SSSR count). The number of hydrogen-bond acceptors (Lipinski definition) is 3. The Morgan fingerprint density at radius 1 is 1.00 bits per heavy atom. The van der Waals surface area contributed by atoms with E-state index in [0.717, 1.165) is 16.8 Å². The molecule has 1 amide bonds. The molecule has 0 saturated heterocycles. The Hall–Kier alpha value is -2.33. The molecule has 0 unspecified atom stereocenters. The predicted molar refractivity (Wildman–Crippen MR) is 91.2 cm³/mol. The SMILES string of the molecule is CC(C)(C)N(C(=O)OCc1ccccc1)c1ccc(CO)cc1. The van der Waals surface area contributed by atoms with Crippen LogP contribution in [0.3, 0.4) is 0 Å². The third-order valence-corrected chi connectivity index (χ3v) is 3.44. The topological polar surface area (TPSA) is 49.8 Å². The number of carbonyl (C=O) groups is 1. The van der Waals surface area contributed by atoms with Gasteiger partial charge in [0.1, 0.15) is 6.61 Å². The number of aliphatic hydroxyl groups excluding tert-OH is 1. The zero-order valence-corrected chi connectivity index (χ0v) is 13.8. The lowest BCUT2D eigenvalue weighted by molar-refractivity contribution is 0.141. The highest BCUT2D eigenvalue weighted by molar-refractivity contribution is 5.89. The van der Waals surface area contributed by atoms with Crippen LogP contribution in [0.25, 0.3) is 0 Å². The van der Waals surface area contributed by atoms with Crippen molar-refractivity contribution in [2.75, 3.05) is 4.90 Å². The van der Waals surface area contributed by atoms with Crippen molar-refractivity contribution in [3.05, 3.63) is 65.7 Å². The largest absolute Gasteiger partial charge is 0.444 e. The van der Waals surface area contributed by atoms with Gasteiger partial charge in [0.2, 0.25) is 0 Å². The molecule has 2 aromatic rings. The van der Waals surface area contributed by atoms with E-state index in [1.54, 1.807) is 17.0 Å². The summed E-state index contributed by atoms with van der Waals surface area (Å²) in [7, 11) is 0. The van der Waals surface area contributed by atoms with Crippen molar-refractivity contribution in [1.82, 2.24) is 0 Å². The van der Waals surface area contributed by atoms with Gasteiger partial charge in [0, 0.05) is 11.2 Å². The molecule has 23 heavy (non-hydrogen) atoms. The van der Waals surface area contributed by atoms with Gasteiger partial charge < -0.3 is 9.84 Å². The summed E-state index contributed by atoms with van der Waals surface area (Å²) in [5, 5.41) is 9.14. The van der Waals surface area contributed by atoms with E-state index in [1.807, 2.05) is 63.2 Å². The van der Waals surface area contributed by atoms with E-state index in [9.17, 15) is 4.79 Å². The molecule has 1 N–H and O–H groups in total. The standard InChI is InChI=1S/C19H23NO3/c1-19(2,3)20(17-11-9-15(13-21)10-12-17)18(22)23-14-16-7-5-4-6-8-16/h4-12,21H,13-14H2,1-3H3. The Kier molecular flexibility index (Phi) is 5.40. The molecule has 2 aromatic carbocycles. The van der Waals surface area contributed by atoms with Crippen LogP contribution in [0.2, 0.25) is 0 Å². The number of carbonyl (C=O) groups excluding carboxylic acids is 1. The Bertz CT molecular complexity index is 630. The van der Waals surface area contributed by atoms with Crippen molar-refractivity contribution in [3.8, 4) is 0 Å². The number of amides is 1. The summed E-state index contributed by atoms with van der Waals surface area (Å²) in [5.74, 6) is 0. The number of rotatable bonds is 4. The highest BCUT2D eigenvalue weighted by atomic mass is 16.6. The fraction of sp³-hybridized carbons (Fsp3) is 0.316. The maximum absolute atomic E-state index is 12.6. The molecule has 122 valence electrons. The number of anilines is 1. The van der Waals surface area contributed by atoms with Gasteiger partial charge in [-0.1, -0.05) is 42.5 Å². The molecule has 0 spiro atoms. The molecule has 0 atom stereocenters. The van der Waals surface area contributed by atoms with Gasteiger partial charge in [0.25, 0.3) is 0 Å². The van der Waals surface area contributed by atoms with Crippen LogP contribution in [-0.4, -0.2) is 16.7 Å². The van der Waals surface area contributed by atoms with Crippen LogP contribution in [0, 0.1) is 0 Å². The van der Waals surface area contributed by atoms with Crippen molar-refractivity contribution >= 4 is 11.8 Å². The molecule has 0 aliphatic rings. The Morgan fingerprint density at radius 3 is 2.13 bits per heavy atom. The average molecular weight is 313 g/mol. The Balaban J connectivity index is 2.15. The second-order valence-corrected chi connectivity index (χ2v) is 6.37. The molecule has 0 aliphatic carbocycles. The predicted octanol–water partition coefficient (Wildman–Crippen LogP) is 4.12. The van der Waals surface area contributed by atoms with Crippen LogP contribution in [0.4, 0.5) is 10.5 Å². The lowest BCUT2D eigenvalue weighted by atomic mass is 10.0. The van der Waals surface area contributed by atoms with E-state index >= 15 is 0 Å². The monoisotopic (exact) mass is 313 g/mol. The third-order valence-electron chi connectivity index (χ3n) is 3.44. The van der Waals surface area contributed by atoms with Gasteiger partial charge in [0.15, 0.2) is 0 Å². The van der Waals surface area contributed by atoms with Gasteiger partial charge in [-0.25, -0.2) is 4.79 Å². The highest BCUT2D eigenvalue weighted by Gasteiger charge is 2.29. The van der Waals surface area contributed by atoms with Gasteiger partial charge in [0.05, 0.1) is 6.61 Å². The lowest BCUT2D eigenvalue weighted by Gasteiger charge is -2.34. The van der Waals surface area contributed by atoms with Crippen molar-refractivity contribution < 1.29 is 14.6 Å². The summed E-state index contributed by atoms with van der Waals surface area (Å²) in [5.41, 5.74) is 2.08. The lowest BCUT2D eigenvalue weighted by Crippen LogP contribution is -2.46. The summed E-state index contributed by atoms with van der Waals surface area (Å²) < 4.78 is 5.47. The zero-order chi connectivity index (χ0) is 16.9. The maximum Gasteiger partial charge on any atom is 0.415 e. The van der Waals surface area contributed by atoms with Crippen LogP contribution in [0.15, 0.2) is 54.6 Å². The first-order chi connectivity index (χ1) is 10.9. The van der Waals surface area contributed by atoms with Crippen molar-refractivity contribution in [3.63, 3.8) is 0 Å². The second-order valence-electron chi connectivity index (χ2n) is 6.37. The van der Waals surface area contributed by atoms with Gasteiger partial charge in [-0.15, -0.1) is 0 Å². The van der Waals surface area contributed by atoms with Crippen LogP contribution in [0.1, 0.15) is 31.9 Å². The molecule has 0 saturated carbocycles. The van der Waals surface area contributed by atoms with Gasteiger partial charge in [-0.05, 0) is 44.0 Å². The minimum absolute atomic E-state index is 0.0196. The van der Waals surface area contributed by atoms with E-state index < -0.39 is 11.6 Å².